The highest BCUT2D eigenvalue weighted by Gasteiger charge is 2.24. The molecule has 180 valence electrons. The van der Waals surface area contributed by atoms with Crippen molar-refractivity contribution in [2.24, 2.45) is 0 Å². The minimum atomic E-state index is -0.538. The zero-order valence-electron chi connectivity index (χ0n) is 20.5. The van der Waals surface area contributed by atoms with Gasteiger partial charge in [-0.05, 0) is 77.5 Å². The fourth-order valence-electron chi connectivity index (χ4n) is 4.28. The maximum atomic E-state index is 12.6. The number of rotatable bonds is 8. The summed E-state index contributed by atoms with van der Waals surface area (Å²) in [5.41, 5.74) is 2.61. The smallest absolute Gasteiger partial charge is 0.308 e. The van der Waals surface area contributed by atoms with Gasteiger partial charge in [-0.2, -0.15) is 5.10 Å². The maximum Gasteiger partial charge on any atom is 0.308 e. The number of hydrogen-bond donors (Lipinski definition) is 1. The van der Waals surface area contributed by atoms with Crippen LogP contribution in [0.5, 0.6) is 0 Å². The molecule has 0 unspecified atom stereocenters. The Balaban J connectivity index is 1.38. The van der Waals surface area contributed by atoms with E-state index in [1.807, 2.05) is 56.9 Å². The maximum absolute atomic E-state index is 12.6. The summed E-state index contributed by atoms with van der Waals surface area (Å²) in [6.07, 6.45) is 12.6. The van der Waals surface area contributed by atoms with Crippen LogP contribution in [0.3, 0.4) is 0 Å². The van der Waals surface area contributed by atoms with Crippen molar-refractivity contribution < 1.29 is 9.53 Å². The van der Waals surface area contributed by atoms with Crippen LogP contribution >= 0.6 is 0 Å². The fourth-order valence-corrected chi connectivity index (χ4v) is 4.28. The predicted octanol–water partition coefficient (Wildman–Crippen LogP) is 4.45. The molecule has 0 spiro atoms. The fraction of sp³-hybridized carbons (Fsp3) is 0.500. The van der Waals surface area contributed by atoms with Crippen LogP contribution in [0.25, 0.3) is 0 Å². The molecule has 1 N–H and O–H groups in total. The van der Waals surface area contributed by atoms with E-state index in [1.165, 1.54) is 5.56 Å². The molecule has 8 nitrogen and oxygen atoms in total. The van der Waals surface area contributed by atoms with Crippen LogP contribution in [0.1, 0.15) is 75.1 Å². The average Bonchev–Trinajstić information content (AvgIpc) is 3.25. The van der Waals surface area contributed by atoms with E-state index in [2.05, 4.69) is 26.3 Å². The Morgan fingerprint density at radius 3 is 2.79 bits per heavy atom. The van der Waals surface area contributed by atoms with E-state index >= 15 is 0 Å². The molecule has 34 heavy (non-hydrogen) atoms. The molecule has 3 aromatic heterocycles. The summed E-state index contributed by atoms with van der Waals surface area (Å²) in [5.74, 6) is 1.44. The van der Waals surface area contributed by atoms with Gasteiger partial charge in [0.2, 0.25) is 0 Å². The van der Waals surface area contributed by atoms with Crippen molar-refractivity contribution in [2.75, 3.05) is 5.32 Å². The van der Waals surface area contributed by atoms with Gasteiger partial charge in [-0.3, -0.25) is 9.48 Å². The summed E-state index contributed by atoms with van der Waals surface area (Å²) in [6, 6.07) is 6.30. The minimum Gasteiger partial charge on any atom is -0.460 e. The lowest BCUT2D eigenvalue weighted by molar-refractivity contribution is -0.155. The molecule has 1 aliphatic heterocycles. The Morgan fingerprint density at radius 1 is 1.24 bits per heavy atom. The average molecular weight is 463 g/mol. The number of carbonyl (C=O) groups is 1. The van der Waals surface area contributed by atoms with Crippen molar-refractivity contribution >= 4 is 11.8 Å². The Bertz CT molecular complexity index is 1100. The van der Waals surface area contributed by atoms with Gasteiger partial charge in [-0.25, -0.2) is 15.0 Å². The SMILES string of the molecule is Cc1ncc([C@@H](CC(=O)OC(C)(C)C)n2ccc(CCC[C@H]3CCc4cccnc4N3)n2)cn1. The van der Waals surface area contributed by atoms with E-state index in [9.17, 15) is 4.79 Å². The topological polar surface area (TPSA) is 94.8 Å². The van der Waals surface area contributed by atoms with Crippen LogP contribution in [0.15, 0.2) is 43.0 Å². The molecule has 4 heterocycles. The highest BCUT2D eigenvalue weighted by molar-refractivity contribution is 5.71. The highest BCUT2D eigenvalue weighted by atomic mass is 16.6. The van der Waals surface area contributed by atoms with Gasteiger partial charge in [0.15, 0.2) is 0 Å². The number of aryl methyl sites for hydroxylation is 3. The van der Waals surface area contributed by atoms with Gasteiger partial charge in [0.05, 0.1) is 18.2 Å². The molecule has 0 aliphatic carbocycles. The van der Waals surface area contributed by atoms with Crippen molar-refractivity contribution in [3.8, 4) is 0 Å². The number of esters is 1. The van der Waals surface area contributed by atoms with E-state index in [1.54, 1.807) is 12.4 Å². The second-order valence-corrected chi connectivity index (χ2v) is 9.94. The van der Waals surface area contributed by atoms with E-state index < -0.39 is 5.60 Å². The molecule has 0 bridgehead atoms. The van der Waals surface area contributed by atoms with Crippen molar-refractivity contribution in [1.29, 1.82) is 0 Å². The summed E-state index contributed by atoms with van der Waals surface area (Å²) in [5, 5.41) is 8.37. The molecule has 8 heteroatoms. The normalized spacial score (nSPS) is 16.4. The number of carbonyl (C=O) groups excluding carboxylic acids is 1. The molecular formula is C26H34N6O2. The highest BCUT2D eigenvalue weighted by Crippen LogP contribution is 2.25. The Morgan fingerprint density at radius 2 is 2.03 bits per heavy atom. The first-order chi connectivity index (χ1) is 16.3. The van der Waals surface area contributed by atoms with Crippen LogP contribution in [0, 0.1) is 6.92 Å². The Labute approximate surface area is 201 Å². The van der Waals surface area contributed by atoms with E-state index in [0.717, 1.165) is 49.2 Å². The third-order valence-electron chi connectivity index (χ3n) is 5.93. The third kappa shape index (κ3) is 6.40. The lowest BCUT2D eigenvalue weighted by Crippen LogP contribution is -2.26. The largest absolute Gasteiger partial charge is 0.460 e. The van der Waals surface area contributed by atoms with Crippen LogP contribution in [0.4, 0.5) is 5.82 Å². The third-order valence-corrected chi connectivity index (χ3v) is 5.93. The zero-order chi connectivity index (χ0) is 24.1. The molecule has 4 rings (SSSR count). The number of hydrogen-bond acceptors (Lipinski definition) is 7. The molecule has 0 radical (unpaired) electrons. The summed E-state index contributed by atoms with van der Waals surface area (Å²) < 4.78 is 7.41. The molecular weight excluding hydrogens is 428 g/mol. The van der Waals surface area contributed by atoms with Crippen molar-refractivity contribution in [3.05, 3.63) is 65.6 Å². The van der Waals surface area contributed by atoms with Gasteiger partial charge in [0, 0.05) is 36.4 Å². The summed E-state index contributed by atoms with van der Waals surface area (Å²) in [7, 11) is 0. The molecule has 1 aliphatic rings. The van der Waals surface area contributed by atoms with Crippen LogP contribution in [0.2, 0.25) is 0 Å². The van der Waals surface area contributed by atoms with Crippen LogP contribution in [-0.4, -0.2) is 42.3 Å². The summed E-state index contributed by atoms with van der Waals surface area (Å²) >= 11 is 0. The number of fused-ring (bicyclic) bond motifs is 1. The molecule has 0 saturated carbocycles. The molecule has 0 saturated heterocycles. The number of nitrogens with zero attached hydrogens (tertiary/aromatic N) is 5. The van der Waals surface area contributed by atoms with Crippen molar-refractivity contribution in [2.45, 2.75) is 83.9 Å². The number of aromatic nitrogens is 5. The Kier molecular flexibility index (Phi) is 7.24. The van der Waals surface area contributed by atoms with E-state index in [4.69, 9.17) is 9.84 Å². The van der Waals surface area contributed by atoms with Gasteiger partial charge < -0.3 is 10.1 Å². The van der Waals surface area contributed by atoms with E-state index in [-0.39, 0.29) is 18.4 Å². The lowest BCUT2D eigenvalue weighted by Gasteiger charge is -2.25. The van der Waals surface area contributed by atoms with Crippen LogP contribution < -0.4 is 5.32 Å². The predicted molar refractivity (Wildman–Crippen MR) is 131 cm³/mol. The molecule has 0 fully saturated rings. The first-order valence-corrected chi connectivity index (χ1v) is 12.0. The second-order valence-electron chi connectivity index (χ2n) is 9.94. The lowest BCUT2D eigenvalue weighted by atomic mass is 9.97. The second kappa shape index (κ2) is 10.3. The van der Waals surface area contributed by atoms with Gasteiger partial charge >= 0.3 is 5.97 Å². The molecule has 3 aromatic rings. The first-order valence-electron chi connectivity index (χ1n) is 12.0. The molecule has 0 aromatic carbocycles. The van der Waals surface area contributed by atoms with Crippen LogP contribution in [-0.2, 0) is 22.4 Å². The molecule has 0 amide bonds. The van der Waals surface area contributed by atoms with Crippen molar-refractivity contribution in [3.63, 3.8) is 0 Å². The summed E-state index contributed by atoms with van der Waals surface area (Å²) in [6.45, 7) is 7.46. The first kappa shape index (κ1) is 23.9. The number of pyridine rings is 1. The standard InChI is InChI=1S/C26H34N6O2/c1-18-28-16-20(17-29-18)23(15-24(33)34-26(2,3)4)32-14-12-22(31-32)9-5-8-21-11-10-19-7-6-13-27-25(19)30-21/h6-7,12-14,16-17,21,23H,5,8-11,15H2,1-4H3,(H,27,30)/t21-,23+/m0/s1. The monoisotopic (exact) mass is 462 g/mol. The van der Waals surface area contributed by atoms with Gasteiger partial charge in [0.1, 0.15) is 17.2 Å². The van der Waals surface area contributed by atoms with Gasteiger partial charge in [-0.1, -0.05) is 6.07 Å². The quantitative estimate of drug-likeness (QED) is 0.494. The number of nitrogens with one attached hydrogen (secondary N) is 1. The van der Waals surface area contributed by atoms with Gasteiger partial charge in [-0.15, -0.1) is 0 Å². The molecule has 2 atom stereocenters. The Hall–Kier alpha value is -3.29. The summed E-state index contributed by atoms with van der Waals surface area (Å²) in [4.78, 5) is 25.7. The van der Waals surface area contributed by atoms with Gasteiger partial charge in [0.25, 0.3) is 0 Å². The number of anilines is 1. The zero-order valence-corrected chi connectivity index (χ0v) is 20.5. The minimum absolute atomic E-state index is 0.170. The van der Waals surface area contributed by atoms with E-state index in [0.29, 0.717) is 11.9 Å². The van der Waals surface area contributed by atoms with Crippen molar-refractivity contribution in [1.82, 2.24) is 24.7 Å². The number of ether oxygens (including phenoxy) is 1.